The average Bonchev–Trinajstić information content (AvgIpc) is 2.87. The van der Waals surface area contributed by atoms with Crippen LogP contribution in [-0.2, 0) is 14.7 Å². The summed E-state index contributed by atoms with van der Waals surface area (Å²) < 4.78 is 0. The first-order chi connectivity index (χ1) is 8.62. The molecular formula is C13H18O4S. The first-order valence-electron chi connectivity index (χ1n) is 5.94. The molecule has 1 heterocycles. The second-order valence-corrected chi connectivity index (χ2v) is 5.95. The smallest absolute Gasteiger partial charge is 0.127 e. The number of rotatable bonds is 5. The summed E-state index contributed by atoms with van der Waals surface area (Å²) in [5.41, 5.74) is -0.744. The fourth-order valence-electron chi connectivity index (χ4n) is 1.72. The maximum atomic E-state index is 8.81. The van der Waals surface area contributed by atoms with Gasteiger partial charge in [0, 0.05) is 17.1 Å². The van der Waals surface area contributed by atoms with Gasteiger partial charge in [0.2, 0.25) is 0 Å². The van der Waals surface area contributed by atoms with Gasteiger partial charge in [0.1, 0.15) is 17.8 Å². The third-order valence-corrected chi connectivity index (χ3v) is 4.12. The zero-order valence-electron chi connectivity index (χ0n) is 10.5. The highest BCUT2D eigenvalue weighted by atomic mass is 32.2. The summed E-state index contributed by atoms with van der Waals surface area (Å²) in [7, 11) is 0. The van der Waals surface area contributed by atoms with Crippen LogP contribution >= 0.6 is 11.8 Å². The Hall–Kier alpha value is -0.590. The van der Waals surface area contributed by atoms with Crippen LogP contribution in [0.2, 0.25) is 0 Å². The van der Waals surface area contributed by atoms with Crippen LogP contribution in [0, 0.1) is 0 Å². The van der Waals surface area contributed by atoms with E-state index in [-0.39, 0.29) is 12.2 Å². The Kier molecular flexibility index (Phi) is 4.64. The van der Waals surface area contributed by atoms with E-state index in [1.54, 1.807) is 25.6 Å². The number of thioether (sulfide) groups is 1. The van der Waals surface area contributed by atoms with Gasteiger partial charge in [0.25, 0.3) is 0 Å². The van der Waals surface area contributed by atoms with Crippen molar-refractivity contribution in [3.05, 3.63) is 30.3 Å². The van der Waals surface area contributed by atoms with Crippen LogP contribution in [0.5, 0.6) is 0 Å². The Balaban J connectivity index is 1.80. The highest BCUT2D eigenvalue weighted by Gasteiger charge is 2.40. The zero-order valence-corrected chi connectivity index (χ0v) is 11.4. The van der Waals surface area contributed by atoms with Crippen molar-refractivity contribution in [3.8, 4) is 0 Å². The lowest BCUT2D eigenvalue weighted by Crippen LogP contribution is -2.38. The summed E-state index contributed by atoms with van der Waals surface area (Å²) in [5, 5.41) is 8.81. The van der Waals surface area contributed by atoms with Gasteiger partial charge in [-0.25, -0.2) is 14.7 Å². The Morgan fingerprint density at radius 1 is 1.33 bits per heavy atom. The van der Waals surface area contributed by atoms with Gasteiger partial charge in [-0.05, 0) is 26.0 Å². The summed E-state index contributed by atoms with van der Waals surface area (Å²) in [6.45, 7) is 3.54. The predicted octanol–water partition coefficient (Wildman–Crippen LogP) is 3.14. The normalized spacial score (nSPS) is 24.4. The summed E-state index contributed by atoms with van der Waals surface area (Å²) in [6, 6.07) is 10.2. The van der Waals surface area contributed by atoms with Gasteiger partial charge in [-0.2, -0.15) is 0 Å². The average molecular weight is 270 g/mol. The SMILES string of the molecule is CC(C)(OO)C1C[C@H](CSc2ccccc2)OO1. The molecule has 1 fully saturated rings. The van der Waals surface area contributed by atoms with E-state index >= 15 is 0 Å². The van der Waals surface area contributed by atoms with Gasteiger partial charge < -0.3 is 0 Å². The molecule has 100 valence electrons. The molecule has 1 aliphatic rings. The molecule has 2 rings (SSSR count). The van der Waals surface area contributed by atoms with Crippen LogP contribution in [-0.4, -0.2) is 28.8 Å². The zero-order chi connectivity index (χ0) is 13.0. The number of hydrogen-bond donors (Lipinski definition) is 1. The Morgan fingerprint density at radius 2 is 2.06 bits per heavy atom. The topological polar surface area (TPSA) is 47.9 Å². The van der Waals surface area contributed by atoms with E-state index < -0.39 is 5.60 Å². The van der Waals surface area contributed by atoms with Crippen molar-refractivity contribution < 1.29 is 19.9 Å². The highest BCUT2D eigenvalue weighted by Crippen LogP contribution is 2.31. The van der Waals surface area contributed by atoms with E-state index in [4.69, 9.17) is 15.0 Å². The number of hydrogen-bond acceptors (Lipinski definition) is 5. The minimum Gasteiger partial charge on any atom is -0.251 e. The highest BCUT2D eigenvalue weighted by molar-refractivity contribution is 7.99. The van der Waals surface area contributed by atoms with E-state index in [0.717, 1.165) is 5.75 Å². The fourth-order valence-corrected chi connectivity index (χ4v) is 2.64. The second kappa shape index (κ2) is 6.04. The molecule has 0 radical (unpaired) electrons. The van der Waals surface area contributed by atoms with Crippen LogP contribution < -0.4 is 0 Å². The van der Waals surface area contributed by atoms with Gasteiger partial charge in [-0.15, -0.1) is 11.8 Å². The van der Waals surface area contributed by atoms with Crippen molar-refractivity contribution in [3.63, 3.8) is 0 Å². The Labute approximate surface area is 111 Å². The fraction of sp³-hybridized carbons (Fsp3) is 0.538. The summed E-state index contributed by atoms with van der Waals surface area (Å²) in [4.78, 5) is 16.1. The van der Waals surface area contributed by atoms with Crippen molar-refractivity contribution in [2.75, 3.05) is 5.75 Å². The molecule has 1 aromatic carbocycles. The summed E-state index contributed by atoms with van der Waals surface area (Å²) in [6.07, 6.45) is 0.492. The molecule has 5 heteroatoms. The maximum absolute atomic E-state index is 8.81. The number of benzene rings is 1. The molecule has 18 heavy (non-hydrogen) atoms. The Morgan fingerprint density at radius 3 is 2.72 bits per heavy atom. The molecule has 1 saturated heterocycles. The summed E-state index contributed by atoms with van der Waals surface area (Å²) >= 11 is 1.73. The van der Waals surface area contributed by atoms with Gasteiger partial charge in [-0.1, -0.05) is 18.2 Å². The molecule has 1 aromatic rings. The first kappa shape index (κ1) is 13.8. The molecule has 0 bridgehead atoms. The van der Waals surface area contributed by atoms with Crippen LogP contribution in [0.15, 0.2) is 35.2 Å². The lowest BCUT2D eigenvalue weighted by Gasteiger charge is -2.24. The first-order valence-corrected chi connectivity index (χ1v) is 6.93. The summed E-state index contributed by atoms with van der Waals surface area (Å²) in [5.74, 6) is 0.821. The molecule has 1 N–H and O–H groups in total. The van der Waals surface area contributed by atoms with Gasteiger partial charge in [0.05, 0.1) is 0 Å². The van der Waals surface area contributed by atoms with Crippen molar-refractivity contribution in [2.24, 2.45) is 0 Å². The lowest BCUT2D eigenvalue weighted by molar-refractivity contribution is -0.375. The van der Waals surface area contributed by atoms with Crippen molar-refractivity contribution in [1.29, 1.82) is 0 Å². The Bertz CT molecular complexity index is 369. The van der Waals surface area contributed by atoms with E-state index in [9.17, 15) is 0 Å². The standard InChI is InChI=1S/C13H18O4S/c1-13(2,17-14)12-8-10(15-16-12)9-18-11-6-4-3-5-7-11/h3-7,10,12,14H,8-9H2,1-2H3/t10-,12?/m1/s1. The van der Waals surface area contributed by atoms with Gasteiger partial charge in [0.15, 0.2) is 0 Å². The van der Waals surface area contributed by atoms with Gasteiger partial charge >= 0.3 is 0 Å². The van der Waals surface area contributed by atoms with E-state index in [2.05, 4.69) is 17.0 Å². The molecule has 0 aromatic heterocycles. The van der Waals surface area contributed by atoms with Crippen LogP contribution in [0.1, 0.15) is 20.3 Å². The molecule has 0 spiro atoms. The van der Waals surface area contributed by atoms with Crippen LogP contribution in [0.4, 0.5) is 0 Å². The minimum absolute atomic E-state index is 0.0228. The van der Waals surface area contributed by atoms with Crippen LogP contribution in [0.25, 0.3) is 0 Å². The molecule has 1 aliphatic heterocycles. The van der Waals surface area contributed by atoms with E-state index in [0.29, 0.717) is 6.42 Å². The molecule has 0 aliphatic carbocycles. The second-order valence-electron chi connectivity index (χ2n) is 4.86. The predicted molar refractivity (Wildman–Crippen MR) is 69.3 cm³/mol. The molecule has 4 nitrogen and oxygen atoms in total. The molecule has 0 amide bonds. The third kappa shape index (κ3) is 3.46. The largest absolute Gasteiger partial charge is 0.251 e. The van der Waals surface area contributed by atoms with E-state index in [1.807, 2.05) is 18.2 Å². The maximum Gasteiger partial charge on any atom is 0.127 e. The van der Waals surface area contributed by atoms with Crippen LogP contribution in [0.3, 0.4) is 0 Å². The van der Waals surface area contributed by atoms with E-state index in [1.165, 1.54) is 4.90 Å². The minimum atomic E-state index is -0.744. The molecule has 1 unspecified atom stereocenters. The monoisotopic (exact) mass is 270 g/mol. The van der Waals surface area contributed by atoms with Crippen molar-refractivity contribution >= 4 is 11.8 Å². The third-order valence-electron chi connectivity index (χ3n) is 2.97. The molecule has 2 atom stereocenters. The van der Waals surface area contributed by atoms with Gasteiger partial charge in [-0.3, -0.25) is 5.26 Å². The quantitative estimate of drug-likeness (QED) is 0.506. The lowest BCUT2D eigenvalue weighted by atomic mass is 9.98. The molecule has 0 saturated carbocycles. The van der Waals surface area contributed by atoms with Crippen molar-refractivity contribution in [1.82, 2.24) is 0 Å². The molecular weight excluding hydrogens is 252 g/mol. The van der Waals surface area contributed by atoms with Crippen molar-refractivity contribution in [2.45, 2.75) is 43.0 Å².